The predicted octanol–water partition coefficient (Wildman–Crippen LogP) is 2.42. The molecule has 0 spiro atoms. The summed E-state index contributed by atoms with van der Waals surface area (Å²) in [4.78, 5) is 12.2. The van der Waals surface area contributed by atoms with E-state index in [4.69, 9.17) is 0 Å². The zero-order valence-electron chi connectivity index (χ0n) is 12.1. The van der Waals surface area contributed by atoms with Gasteiger partial charge in [-0.15, -0.1) is 0 Å². The molecule has 1 heterocycles. The Hall–Kier alpha value is -1.35. The van der Waals surface area contributed by atoms with Gasteiger partial charge in [0, 0.05) is 11.6 Å². The van der Waals surface area contributed by atoms with E-state index in [9.17, 15) is 4.79 Å². The van der Waals surface area contributed by atoms with Crippen LogP contribution in [0, 0.1) is 19.8 Å². The maximum Gasteiger partial charge on any atom is 0.251 e. The van der Waals surface area contributed by atoms with E-state index in [0.717, 1.165) is 31.5 Å². The van der Waals surface area contributed by atoms with Crippen LogP contribution in [0.15, 0.2) is 18.2 Å². The Balaban J connectivity index is 1.97. The minimum Gasteiger partial charge on any atom is -0.349 e. The van der Waals surface area contributed by atoms with Crippen molar-refractivity contribution < 1.29 is 4.79 Å². The van der Waals surface area contributed by atoms with Crippen molar-refractivity contribution in [2.75, 3.05) is 13.1 Å². The number of hydrogen-bond donors (Lipinski definition) is 2. The lowest BCUT2D eigenvalue weighted by atomic mass is 9.91. The van der Waals surface area contributed by atoms with Gasteiger partial charge < -0.3 is 10.6 Å². The molecule has 0 aliphatic carbocycles. The van der Waals surface area contributed by atoms with Gasteiger partial charge in [0.2, 0.25) is 0 Å². The number of hydrogen-bond acceptors (Lipinski definition) is 2. The first-order valence-electron chi connectivity index (χ1n) is 7.17. The number of carbonyl (C=O) groups excluding carboxylic acids is 1. The fourth-order valence-electron chi connectivity index (χ4n) is 2.63. The molecule has 1 aromatic carbocycles. The molecule has 0 aromatic heterocycles. The summed E-state index contributed by atoms with van der Waals surface area (Å²) in [6.07, 6.45) is 2.29. The first-order chi connectivity index (χ1) is 9.08. The number of carbonyl (C=O) groups is 1. The van der Waals surface area contributed by atoms with E-state index in [1.54, 1.807) is 0 Å². The number of piperidine rings is 1. The quantitative estimate of drug-likeness (QED) is 0.876. The third kappa shape index (κ3) is 3.57. The normalized spacial score (nSPS) is 18.1. The average molecular weight is 260 g/mol. The van der Waals surface area contributed by atoms with Crippen LogP contribution in [0.3, 0.4) is 0 Å². The summed E-state index contributed by atoms with van der Waals surface area (Å²) in [6.45, 7) is 8.36. The zero-order valence-corrected chi connectivity index (χ0v) is 12.1. The molecule has 0 saturated carbocycles. The lowest BCUT2D eigenvalue weighted by molar-refractivity contribution is 0.0920. The number of amides is 1. The van der Waals surface area contributed by atoms with Gasteiger partial charge in [0.25, 0.3) is 5.91 Å². The van der Waals surface area contributed by atoms with E-state index >= 15 is 0 Å². The zero-order chi connectivity index (χ0) is 13.8. The molecule has 3 nitrogen and oxygen atoms in total. The maximum atomic E-state index is 12.2. The summed E-state index contributed by atoms with van der Waals surface area (Å²) >= 11 is 0. The Morgan fingerprint density at radius 1 is 1.26 bits per heavy atom. The van der Waals surface area contributed by atoms with Gasteiger partial charge in [0.05, 0.1) is 0 Å². The van der Waals surface area contributed by atoms with Crippen LogP contribution in [0.25, 0.3) is 0 Å². The van der Waals surface area contributed by atoms with Crippen molar-refractivity contribution in [3.05, 3.63) is 34.9 Å². The van der Waals surface area contributed by atoms with Gasteiger partial charge in [-0.25, -0.2) is 0 Å². The summed E-state index contributed by atoms with van der Waals surface area (Å²) in [5, 5.41) is 6.50. The van der Waals surface area contributed by atoms with E-state index in [1.165, 1.54) is 11.1 Å². The summed E-state index contributed by atoms with van der Waals surface area (Å²) < 4.78 is 0. The smallest absolute Gasteiger partial charge is 0.251 e. The molecule has 2 N–H and O–H groups in total. The molecule has 0 bridgehead atoms. The van der Waals surface area contributed by atoms with Gasteiger partial charge in [-0.1, -0.05) is 6.07 Å². The van der Waals surface area contributed by atoms with Gasteiger partial charge in [0.15, 0.2) is 0 Å². The third-order valence-electron chi connectivity index (χ3n) is 4.22. The second-order valence-corrected chi connectivity index (χ2v) is 5.65. The molecule has 1 amide bonds. The molecule has 1 fully saturated rings. The SMILES string of the molecule is Cc1ccc(C(=O)NC(C)C2CCNCC2)cc1C. The largest absolute Gasteiger partial charge is 0.349 e. The highest BCUT2D eigenvalue weighted by atomic mass is 16.1. The molecule has 1 saturated heterocycles. The molecule has 1 aliphatic rings. The minimum absolute atomic E-state index is 0.0501. The first kappa shape index (κ1) is 14.1. The number of rotatable bonds is 3. The predicted molar refractivity (Wildman–Crippen MR) is 78.4 cm³/mol. The minimum atomic E-state index is 0.0501. The second kappa shape index (κ2) is 6.20. The van der Waals surface area contributed by atoms with E-state index < -0.39 is 0 Å². The van der Waals surface area contributed by atoms with Crippen LogP contribution in [0.1, 0.15) is 41.3 Å². The molecule has 1 unspecified atom stereocenters. The molecule has 1 atom stereocenters. The molecule has 0 radical (unpaired) electrons. The Kier molecular flexibility index (Phi) is 4.59. The van der Waals surface area contributed by atoms with Crippen molar-refractivity contribution in [3.8, 4) is 0 Å². The number of nitrogens with one attached hydrogen (secondary N) is 2. The van der Waals surface area contributed by atoms with E-state index in [2.05, 4.69) is 24.5 Å². The van der Waals surface area contributed by atoms with Gasteiger partial charge in [-0.2, -0.15) is 0 Å². The molecule has 1 aliphatic heterocycles. The molecule has 2 rings (SSSR count). The standard InChI is InChI=1S/C16H24N2O/c1-11-4-5-15(10-12(11)2)16(19)18-13(3)14-6-8-17-9-7-14/h4-5,10,13-14,17H,6-9H2,1-3H3,(H,18,19). The summed E-state index contributed by atoms with van der Waals surface area (Å²) in [5.74, 6) is 0.644. The van der Waals surface area contributed by atoms with Gasteiger partial charge in [0.1, 0.15) is 0 Å². The van der Waals surface area contributed by atoms with Crippen LogP contribution in [0.5, 0.6) is 0 Å². The molecular weight excluding hydrogens is 236 g/mol. The number of aryl methyl sites for hydroxylation is 2. The fourth-order valence-corrected chi connectivity index (χ4v) is 2.63. The summed E-state index contributed by atoms with van der Waals surface area (Å²) in [7, 11) is 0. The highest BCUT2D eigenvalue weighted by molar-refractivity contribution is 5.94. The maximum absolute atomic E-state index is 12.2. The first-order valence-corrected chi connectivity index (χ1v) is 7.17. The highest BCUT2D eigenvalue weighted by Crippen LogP contribution is 2.17. The monoisotopic (exact) mass is 260 g/mol. The highest BCUT2D eigenvalue weighted by Gasteiger charge is 2.21. The van der Waals surface area contributed by atoms with Gasteiger partial charge in [-0.05, 0) is 75.9 Å². The summed E-state index contributed by atoms with van der Waals surface area (Å²) in [5.41, 5.74) is 3.16. The molecular formula is C16H24N2O. The Labute approximate surface area is 115 Å². The fraction of sp³-hybridized carbons (Fsp3) is 0.562. The van der Waals surface area contributed by atoms with Gasteiger partial charge in [-0.3, -0.25) is 4.79 Å². The van der Waals surface area contributed by atoms with Crippen molar-refractivity contribution in [3.63, 3.8) is 0 Å². The Morgan fingerprint density at radius 2 is 1.95 bits per heavy atom. The van der Waals surface area contributed by atoms with Crippen molar-refractivity contribution in [2.45, 2.75) is 39.7 Å². The van der Waals surface area contributed by atoms with Crippen LogP contribution in [0.4, 0.5) is 0 Å². The second-order valence-electron chi connectivity index (χ2n) is 5.65. The third-order valence-corrected chi connectivity index (χ3v) is 4.22. The van der Waals surface area contributed by atoms with Crippen molar-refractivity contribution in [2.24, 2.45) is 5.92 Å². The lowest BCUT2D eigenvalue weighted by Gasteiger charge is -2.28. The molecule has 3 heteroatoms. The van der Waals surface area contributed by atoms with Crippen LogP contribution in [0.2, 0.25) is 0 Å². The van der Waals surface area contributed by atoms with Gasteiger partial charge >= 0.3 is 0 Å². The Bertz CT molecular complexity index is 450. The van der Waals surface area contributed by atoms with Crippen LogP contribution in [-0.2, 0) is 0 Å². The van der Waals surface area contributed by atoms with Crippen molar-refractivity contribution in [1.29, 1.82) is 0 Å². The Morgan fingerprint density at radius 3 is 2.58 bits per heavy atom. The molecule has 1 aromatic rings. The summed E-state index contributed by atoms with van der Waals surface area (Å²) in [6, 6.07) is 6.14. The molecule has 19 heavy (non-hydrogen) atoms. The lowest BCUT2D eigenvalue weighted by Crippen LogP contribution is -2.42. The van der Waals surface area contributed by atoms with E-state index in [0.29, 0.717) is 5.92 Å². The number of benzene rings is 1. The van der Waals surface area contributed by atoms with Crippen LogP contribution in [-0.4, -0.2) is 25.0 Å². The van der Waals surface area contributed by atoms with E-state index in [1.807, 2.05) is 25.1 Å². The molecule has 104 valence electrons. The van der Waals surface area contributed by atoms with E-state index in [-0.39, 0.29) is 11.9 Å². The van der Waals surface area contributed by atoms with Crippen LogP contribution >= 0.6 is 0 Å². The van der Waals surface area contributed by atoms with Crippen molar-refractivity contribution in [1.82, 2.24) is 10.6 Å². The average Bonchev–Trinajstić information content (AvgIpc) is 2.42. The van der Waals surface area contributed by atoms with Crippen LogP contribution < -0.4 is 10.6 Å². The van der Waals surface area contributed by atoms with Crippen molar-refractivity contribution >= 4 is 5.91 Å². The topological polar surface area (TPSA) is 41.1 Å².